The molecule has 0 atom stereocenters. The van der Waals surface area contributed by atoms with Crippen molar-refractivity contribution in [2.45, 2.75) is 0 Å². The molecule has 0 saturated carbocycles. The van der Waals surface area contributed by atoms with Crippen molar-refractivity contribution in [1.29, 1.82) is 0 Å². The number of nitro groups is 1. The normalized spacial score (nSPS) is 9.82. The van der Waals surface area contributed by atoms with Crippen molar-refractivity contribution in [3.05, 3.63) is 28.0 Å². The third-order valence-electron chi connectivity index (χ3n) is 1.84. The Morgan fingerprint density at radius 2 is 2.18 bits per heavy atom. The lowest BCUT2D eigenvalue weighted by atomic mass is 10.4. The van der Waals surface area contributed by atoms with Gasteiger partial charge in [0.25, 0.3) is 5.91 Å². The molecule has 1 aromatic rings. The molecule has 0 saturated heterocycles. The van der Waals surface area contributed by atoms with Crippen LogP contribution in [0.2, 0.25) is 0 Å². The van der Waals surface area contributed by atoms with Crippen LogP contribution < -0.4 is 5.32 Å². The molecule has 96 valence electrons. The molecule has 1 amide bonds. The van der Waals surface area contributed by atoms with Gasteiger partial charge in [0.15, 0.2) is 5.76 Å². The standard InChI is InChI=1S/C9H13N3O4.ClH/c1-11(2)6-5-10-9(13)7-3-4-8(16-7)12(14)15;/h3-4H,5-6H2,1-2H3,(H,10,13);1H. The van der Waals surface area contributed by atoms with Crippen LogP contribution in [0.5, 0.6) is 0 Å². The molecule has 0 bridgehead atoms. The van der Waals surface area contributed by atoms with Crippen LogP contribution in [0.1, 0.15) is 10.6 Å². The number of rotatable bonds is 5. The van der Waals surface area contributed by atoms with Gasteiger partial charge in [0, 0.05) is 13.1 Å². The van der Waals surface area contributed by atoms with Crippen LogP contribution in [0.3, 0.4) is 0 Å². The molecule has 0 unspecified atom stereocenters. The Balaban J connectivity index is 0.00000256. The van der Waals surface area contributed by atoms with Crippen molar-refractivity contribution in [1.82, 2.24) is 10.2 Å². The molecule has 0 fully saturated rings. The molecule has 1 N–H and O–H groups in total. The van der Waals surface area contributed by atoms with E-state index in [-0.39, 0.29) is 18.2 Å². The maximum atomic E-state index is 11.4. The summed E-state index contributed by atoms with van der Waals surface area (Å²) in [5.41, 5.74) is 0. The third-order valence-corrected chi connectivity index (χ3v) is 1.84. The van der Waals surface area contributed by atoms with E-state index in [1.807, 2.05) is 19.0 Å². The number of carbonyl (C=O) groups excluding carboxylic acids is 1. The van der Waals surface area contributed by atoms with Crippen molar-refractivity contribution >= 4 is 24.2 Å². The van der Waals surface area contributed by atoms with Crippen LogP contribution in [0.4, 0.5) is 5.88 Å². The predicted molar refractivity (Wildman–Crippen MR) is 63.5 cm³/mol. The van der Waals surface area contributed by atoms with Gasteiger partial charge in [-0.1, -0.05) is 0 Å². The molecule has 0 spiro atoms. The zero-order valence-electron chi connectivity index (χ0n) is 9.50. The summed E-state index contributed by atoms with van der Waals surface area (Å²) in [5, 5.41) is 12.9. The lowest BCUT2D eigenvalue weighted by Gasteiger charge is -2.09. The number of nitrogens with zero attached hydrogens (tertiary/aromatic N) is 2. The number of halogens is 1. The van der Waals surface area contributed by atoms with E-state index in [0.29, 0.717) is 13.1 Å². The highest BCUT2D eigenvalue weighted by atomic mass is 35.5. The zero-order chi connectivity index (χ0) is 12.1. The van der Waals surface area contributed by atoms with Crippen molar-refractivity contribution in [3.8, 4) is 0 Å². The van der Waals surface area contributed by atoms with E-state index in [4.69, 9.17) is 4.42 Å². The number of hydrogen-bond acceptors (Lipinski definition) is 5. The van der Waals surface area contributed by atoms with Crippen LogP contribution in [0, 0.1) is 10.1 Å². The molecule has 1 heterocycles. The minimum atomic E-state index is -0.684. The Bertz CT molecular complexity index is 391. The molecular formula is C9H14ClN3O4. The van der Waals surface area contributed by atoms with E-state index >= 15 is 0 Å². The lowest BCUT2D eigenvalue weighted by molar-refractivity contribution is -0.402. The highest BCUT2D eigenvalue weighted by molar-refractivity contribution is 5.91. The second-order valence-electron chi connectivity index (χ2n) is 3.45. The van der Waals surface area contributed by atoms with Gasteiger partial charge in [0.1, 0.15) is 4.92 Å². The van der Waals surface area contributed by atoms with E-state index in [1.54, 1.807) is 0 Å². The average molecular weight is 264 g/mol. The third kappa shape index (κ3) is 4.83. The number of nitrogens with one attached hydrogen (secondary N) is 1. The Hall–Kier alpha value is -1.60. The molecule has 0 radical (unpaired) electrons. The number of furan rings is 1. The van der Waals surface area contributed by atoms with E-state index in [0.717, 1.165) is 6.07 Å². The monoisotopic (exact) mass is 263 g/mol. The quantitative estimate of drug-likeness (QED) is 0.630. The molecule has 0 aliphatic carbocycles. The van der Waals surface area contributed by atoms with Gasteiger partial charge in [-0.2, -0.15) is 0 Å². The number of amides is 1. The van der Waals surface area contributed by atoms with E-state index in [2.05, 4.69) is 5.32 Å². The van der Waals surface area contributed by atoms with Gasteiger partial charge in [-0.3, -0.25) is 14.9 Å². The van der Waals surface area contributed by atoms with Gasteiger partial charge in [0.2, 0.25) is 0 Å². The van der Waals surface area contributed by atoms with Crippen LogP contribution in [-0.2, 0) is 0 Å². The van der Waals surface area contributed by atoms with E-state index < -0.39 is 16.7 Å². The summed E-state index contributed by atoms with van der Waals surface area (Å²) in [5.74, 6) is -0.932. The maximum absolute atomic E-state index is 11.4. The fourth-order valence-corrected chi connectivity index (χ4v) is 1.03. The average Bonchev–Trinajstić information content (AvgIpc) is 2.65. The smallest absolute Gasteiger partial charge is 0.395 e. The van der Waals surface area contributed by atoms with Crippen LogP contribution >= 0.6 is 12.4 Å². The Kier molecular flexibility index (Phi) is 6.22. The molecule has 0 aliphatic heterocycles. The summed E-state index contributed by atoms with van der Waals surface area (Å²) in [7, 11) is 3.76. The fraction of sp³-hybridized carbons (Fsp3) is 0.444. The molecular weight excluding hydrogens is 250 g/mol. The van der Waals surface area contributed by atoms with Gasteiger partial charge in [-0.15, -0.1) is 12.4 Å². The molecule has 17 heavy (non-hydrogen) atoms. The molecule has 8 heteroatoms. The van der Waals surface area contributed by atoms with Gasteiger partial charge in [-0.25, -0.2) is 0 Å². The molecule has 0 aromatic carbocycles. The van der Waals surface area contributed by atoms with Gasteiger partial charge in [0.05, 0.1) is 6.07 Å². The first-order valence-electron chi connectivity index (χ1n) is 4.68. The number of carbonyl (C=O) groups is 1. The van der Waals surface area contributed by atoms with Crippen LogP contribution in [0.15, 0.2) is 16.5 Å². The van der Waals surface area contributed by atoms with Crippen molar-refractivity contribution in [3.63, 3.8) is 0 Å². The molecule has 1 aromatic heterocycles. The first-order chi connectivity index (χ1) is 7.50. The van der Waals surface area contributed by atoms with Gasteiger partial charge < -0.3 is 14.6 Å². The highest BCUT2D eigenvalue weighted by Gasteiger charge is 2.16. The number of hydrogen-bond donors (Lipinski definition) is 1. The highest BCUT2D eigenvalue weighted by Crippen LogP contribution is 2.15. The Labute approximate surface area is 104 Å². The minimum Gasteiger partial charge on any atom is -0.395 e. The topological polar surface area (TPSA) is 88.6 Å². The Morgan fingerprint density at radius 3 is 2.65 bits per heavy atom. The summed E-state index contributed by atoms with van der Waals surface area (Å²) in [6.45, 7) is 1.15. The summed E-state index contributed by atoms with van der Waals surface area (Å²) in [4.78, 5) is 23.0. The Morgan fingerprint density at radius 1 is 1.53 bits per heavy atom. The van der Waals surface area contributed by atoms with E-state index in [1.165, 1.54) is 6.07 Å². The van der Waals surface area contributed by atoms with Crippen LogP contribution in [0.25, 0.3) is 0 Å². The molecule has 1 rings (SSSR count). The fourth-order valence-electron chi connectivity index (χ4n) is 1.03. The first-order valence-corrected chi connectivity index (χ1v) is 4.68. The molecule has 0 aliphatic rings. The first kappa shape index (κ1) is 15.4. The summed E-state index contributed by atoms with van der Waals surface area (Å²) in [6, 6.07) is 2.43. The second kappa shape index (κ2) is 6.87. The number of likely N-dealkylation sites (N-methyl/N-ethyl adjacent to an activating group) is 1. The summed E-state index contributed by atoms with van der Waals surface area (Å²) < 4.78 is 4.74. The zero-order valence-corrected chi connectivity index (χ0v) is 10.3. The van der Waals surface area contributed by atoms with E-state index in [9.17, 15) is 14.9 Å². The van der Waals surface area contributed by atoms with Crippen molar-refractivity contribution < 1.29 is 14.1 Å². The second-order valence-corrected chi connectivity index (χ2v) is 3.45. The molecule has 7 nitrogen and oxygen atoms in total. The van der Waals surface area contributed by atoms with Crippen molar-refractivity contribution in [2.24, 2.45) is 0 Å². The summed E-state index contributed by atoms with van der Waals surface area (Å²) in [6.07, 6.45) is 0. The SMILES string of the molecule is CN(C)CCNC(=O)c1ccc([N+](=O)[O-])o1.Cl. The maximum Gasteiger partial charge on any atom is 0.433 e. The van der Waals surface area contributed by atoms with Crippen molar-refractivity contribution in [2.75, 3.05) is 27.2 Å². The lowest BCUT2D eigenvalue weighted by Crippen LogP contribution is -2.31. The van der Waals surface area contributed by atoms with Gasteiger partial charge in [-0.05, 0) is 20.2 Å². The predicted octanol–water partition coefficient (Wildman–Crippen LogP) is 0.901. The summed E-state index contributed by atoms with van der Waals surface area (Å²) >= 11 is 0. The van der Waals surface area contributed by atoms with Gasteiger partial charge >= 0.3 is 5.88 Å². The minimum absolute atomic E-state index is 0. The van der Waals surface area contributed by atoms with Crippen LogP contribution in [-0.4, -0.2) is 42.9 Å². The largest absolute Gasteiger partial charge is 0.433 e.